The van der Waals surface area contributed by atoms with E-state index in [1.807, 2.05) is 6.20 Å². The van der Waals surface area contributed by atoms with Crippen molar-refractivity contribution in [3.05, 3.63) is 54.6 Å². The summed E-state index contributed by atoms with van der Waals surface area (Å²) < 4.78 is 2.39. The number of hydrogen-bond donors (Lipinski definition) is 1. The monoisotopic (exact) mass is 397 g/mol. The molecule has 1 N–H and O–H groups in total. The Morgan fingerprint density at radius 3 is 1.97 bits per heavy atom. The highest BCUT2D eigenvalue weighted by atomic mass is 15.1. The highest BCUT2D eigenvalue weighted by Crippen LogP contribution is 2.27. The average molecular weight is 398 g/mol. The number of imidazole rings is 1. The number of H-pyrrole nitrogens is 1. The fraction of sp³-hybridized carbons (Fsp3) is 0.667. The number of unbranched alkanes of at least 4 members (excludes halogenated alkanes) is 10. The van der Waals surface area contributed by atoms with Gasteiger partial charge < -0.3 is 0 Å². The van der Waals surface area contributed by atoms with E-state index in [0.717, 1.165) is 0 Å². The van der Waals surface area contributed by atoms with Crippen LogP contribution in [0.5, 0.6) is 0 Å². The predicted octanol–water partition coefficient (Wildman–Crippen LogP) is 7.81. The molecule has 1 heterocycles. The maximum Gasteiger partial charge on any atom is 0.241 e. The Balaban J connectivity index is 1.71. The van der Waals surface area contributed by atoms with Crippen LogP contribution in [-0.4, -0.2) is 4.98 Å². The number of rotatable bonds is 17. The summed E-state index contributed by atoms with van der Waals surface area (Å²) in [6.07, 6.45) is 25.7. The van der Waals surface area contributed by atoms with E-state index in [0.29, 0.717) is 12.0 Å². The van der Waals surface area contributed by atoms with Crippen LogP contribution in [0.4, 0.5) is 0 Å². The molecule has 0 aliphatic carbocycles. The van der Waals surface area contributed by atoms with E-state index in [4.69, 9.17) is 0 Å². The molecule has 2 nitrogen and oxygen atoms in total. The van der Waals surface area contributed by atoms with Gasteiger partial charge in [-0.2, -0.15) is 0 Å². The second-order valence-corrected chi connectivity index (χ2v) is 8.81. The molecule has 2 aromatic rings. The largest absolute Gasteiger partial charge is 0.250 e. The van der Waals surface area contributed by atoms with Crippen LogP contribution in [0.25, 0.3) is 0 Å². The fourth-order valence-corrected chi connectivity index (χ4v) is 4.71. The van der Waals surface area contributed by atoms with Gasteiger partial charge in [0.05, 0.1) is 0 Å². The molecule has 0 aliphatic heterocycles. The Hall–Kier alpha value is -1.57. The van der Waals surface area contributed by atoms with Crippen LogP contribution in [-0.2, 0) is 6.42 Å². The second kappa shape index (κ2) is 15.3. The Morgan fingerprint density at radius 2 is 1.41 bits per heavy atom. The van der Waals surface area contributed by atoms with Gasteiger partial charge in [-0.15, -0.1) is 0 Å². The summed E-state index contributed by atoms with van der Waals surface area (Å²) in [5.74, 6) is 0.710. The van der Waals surface area contributed by atoms with Crippen molar-refractivity contribution in [1.82, 2.24) is 4.98 Å². The molecule has 29 heavy (non-hydrogen) atoms. The Labute approximate surface area is 180 Å². The first kappa shape index (κ1) is 23.7. The summed E-state index contributed by atoms with van der Waals surface area (Å²) in [6.45, 7) is 4.63. The molecule has 162 valence electrons. The molecule has 0 saturated carbocycles. The van der Waals surface area contributed by atoms with Crippen molar-refractivity contribution in [2.24, 2.45) is 5.92 Å². The first-order chi connectivity index (χ1) is 14.3. The highest BCUT2D eigenvalue weighted by Gasteiger charge is 2.25. The van der Waals surface area contributed by atoms with Crippen molar-refractivity contribution in [2.75, 3.05) is 0 Å². The lowest BCUT2D eigenvalue weighted by molar-refractivity contribution is -0.729. The smallest absolute Gasteiger partial charge is 0.241 e. The lowest BCUT2D eigenvalue weighted by Crippen LogP contribution is -2.42. The van der Waals surface area contributed by atoms with E-state index in [-0.39, 0.29) is 0 Å². The van der Waals surface area contributed by atoms with Crippen molar-refractivity contribution < 1.29 is 4.57 Å². The molecule has 0 aliphatic rings. The van der Waals surface area contributed by atoms with Gasteiger partial charge >= 0.3 is 0 Å². The molecule has 0 radical (unpaired) electrons. The summed E-state index contributed by atoms with van der Waals surface area (Å²) in [5.41, 5.74) is 1.48. The molecule has 0 fully saturated rings. The average Bonchev–Trinajstić information content (AvgIpc) is 3.27. The molecule has 2 unspecified atom stereocenters. The molecule has 2 rings (SSSR count). The maximum absolute atomic E-state index is 3.24. The van der Waals surface area contributed by atoms with Crippen LogP contribution in [0, 0.1) is 5.92 Å². The third-order valence-electron chi connectivity index (χ3n) is 6.43. The number of nitrogens with one attached hydrogen (secondary N) is 1. The van der Waals surface area contributed by atoms with Gasteiger partial charge in [-0.25, -0.2) is 4.57 Å². The van der Waals surface area contributed by atoms with Crippen molar-refractivity contribution in [3.63, 3.8) is 0 Å². The lowest BCUT2D eigenvalue weighted by atomic mass is 9.86. The van der Waals surface area contributed by atoms with Crippen molar-refractivity contribution in [1.29, 1.82) is 0 Å². The van der Waals surface area contributed by atoms with Crippen molar-refractivity contribution >= 4 is 0 Å². The minimum atomic E-state index is 0.588. The second-order valence-electron chi connectivity index (χ2n) is 8.81. The fourth-order valence-electron chi connectivity index (χ4n) is 4.71. The number of hydrogen-bond acceptors (Lipinski definition) is 0. The van der Waals surface area contributed by atoms with Gasteiger partial charge in [-0.3, -0.25) is 4.98 Å². The van der Waals surface area contributed by atoms with Crippen LogP contribution in [0.15, 0.2) is 49.1 Å². The van der Waals surface area contributed by atoms with E-state index in [9.17, 15) is 0 Å². The Kier molecular flexibility index (Phi) is 12.5. The normalized spacial score (nSPS) is 13.4. The molecule has 1 aromatic carbocycles. The van der Waals surface area contributed by atoms with Crippen molar-refractivity contribution in [2.45, 2.75) is 110 Å². The van der Waals surface area contributed by atoms with E-state index in [1.54, 1.807) is 0 Å². The third-order valence-corrected chi connectivity index (χ3v) is 6.43. The van der Waals surface area contributed by atoms with Gasteiger partial charge in [0.25, 0.3) is 0 Å². The highest BCUT2D eigenvalue weighted by molar-refractivity contribution is 5.15. The minimum absolute atomic E-state index is 0.588. The van der Waals surface area contributed by atoms with Crippen LogP contribution >= 0.6 is 0 Å². The Morgan fingerprint density at radius 1 is 0.793 bits per heavy atom. The van der Waals surface area contributed by atoms with E-state index >= 15 is 0 Å². The zero-order valence-electron chi connectivity index (χ0n) is 19.1. The summed E-state index contributed by atoms with van der Waals surface area (Å²) in [5, 5.41) is 0. The van der Waals surface area contributed by atoms with Gasteiger partial charge in [0.2, 0.25) is 6.33 Å². The summed E-state index contributed by atoms with van der Waals surface area (Å²) in [6, 6.07) is 11.7. The molecular weight excluding hydrogens is 352 g/mol. The number of aromatic amines is 1. The van der Waals surface area contributed by atoms with Gasteiger partial charge in [0.1, 0.15) is 18.4 Å². The minimum Gasteiger partial charge on any atom is -0.250 e. The van der Waals surface area contributed by atoms with Gasteiger partial charge in [-0.05, 0) is 24.8 Å². The number of aromatic nitrogens is 2. The van der Waals surface area contributed by atoms with Crippen LogP contribution in [0.1, 0.15) is 109 Å². The molecule has 2 heteroatoms. The molecule has 0 amide bonds. The molecule has 0 bridgehead atoms. The summed E-state index contributed by atoms with van der Waals surface area (Å²) >= 11 is 0. The number of benzene rings is 1. The topological polar surface area (TPSA) is 19.7 Å². The number of nitrogens with zero attached hydrogens (tertiary/aromatic N) is 1. The maximum atomic E-state index is 3.24. The van der Waals surface area contributed by atoms with Crippen LogP contribution < -0.4 is 4.57 Å². The van der Waals surface area contributed by atoms with Gasteiger partial charge in [-0.1, -0.05) is 115 Å². The van der Waals surface area contributed by atoms with E-state index in [1.165, 1.54) is 95.5 Å². The summed E-state index contributed by atoms with van der Waals surface area (Å²) in [7, 11) is 0. The lowest BCUT2D eigenvalue weighted by Gasteiger charge is -2.24. The van der Waals surface area contributed by atoms with E-state index in [2.05, 4.69) is 66.3 Å². The first-order valence-corrected chi connectivity index (χ1v) is 12.4. The van der Waals surface area contributed by atoms with Crippen LogP contribution in [0.3, 0.4) is 0 Å². The quantitative estimate of drug-likeness (QED) is 0.207. The standard InChI is InChI=1S/C27H44N2/c1-3-5-6-7-8-9-10-11-12-13-17-20-26(23-25-18-15-14-16-19-25)27(4-2)29-22-21-28-24-29/h14-16,18-19,21-22,24,26-27H,3-13,17,20,23H2,1-2H3/p+1. The third kappa shape index (κ3) is 9.65. The van der Waals surface area contributed by atoms with Crippen molar-refractivity contribution in [3.8, 4) is 0 Å². The molecule has 0 saturated heterocycles. The Bertz CT molecular complexity index is 590. The van der Waals surface area contributed by atoms with E-state index < -0.39 is 0 Å². The molecule has 0 spiro atoms. The predicted molar refractivity (Wildman–Crippen MR) is 125 cm³/mol. The van der Waals surface area contributed by atoms with Gasteiger partial charge in [0, 0.05) is 5.92 Å². The van der Waals surface area contributed by atoms with Crippen LogP contribution in [0.2, 0.25) is 0 Å². The SMILES string of the molecule is CCCCCCCCCCCCCC(Cc1ccccc1)C(CC)[n+]1cc[nH]c1. The first-order valence-electron chi connectivity index (χ1n) is 12.4. The molecular formula is C27H45N2+. The molecule has 2 atom stereocenters. The summed E-state index contributed by atoms with van der Waals surface area (Å²) in [4.78, 5) is 3.24. The van der Waals surface area contributed by atoms with Gasteiger partial charge in [0.15, 0.2) is 0 Å². The zero-order valence-corrected chi connectivity index (χ0v) is 19.1. The zero-order chi connectivity index (χ0) is 20.6. The molecule has 1 aromatic heterocycles.